The van der Waals surface area contributed by atoms with Gasteiger partial charge in [0, 0.05) is 23.7 Å². The lowest BCUT2D eigenvalue weighted by Crippen LogP contribution is -2.28. The molecule has 0 aromatic heterocycles. The number of halogens is 1. The lowest BCUT2D eigenvalue weighted by molar-refractivity contribution is -0.151. The number of esters is 1. The van der Waals surface area contributed by atoms with Crippen LogP contribution in [0.1, 0.15) is 12.0 Å². The number of carbonyl (C=O) groups excluding carboxylic acids is 3. The van der Waals surface area contributed by atoms with Crippen LogP contribution in [-0.2, 0) is 19.1 Å². The van der Waals surface area contributed by atoms with Crippen molar-refractivity contribution in [2.24, 2.45) is 5.92 Å². The molecule has 0 bridgehead atoms. The first kappa shape index (κ1) is 20.7. The summed E-state index contributed by atoms with van der Waals surface area (Å²) in [5.41, 5.74) is 2.12. The summed E-state index contributed by atoms with van der Waals surface area (Å²) in [4.78, 5) is 38.2. The van der Waals surface area contributed by atoms with E-state index < -0.39 is 24.4 Å². The highest BCUT2D eigenvalue weighted by atomic mass is 35.5. The molecule has 1 heterocycles. The molecule has 1 saturated heterocycles. The maximum absolute atomic E-state index is 12.4. The van der Waals surface area contributed by atoms with Crippen LogP contribution in [0.15, 0.2) is 42.5 Å². The highest BCUT2D eigenvalue weighted by molar-refractivity contribution is 6.31. The van der Waals surface area contributed by atoms with Crippen LogP contribution in [0.25, 0.3) is 0 Å². The van der Waals surface area contributed by atoms with Gasteiger partial charge in [0.2, 0.25) is 5.91 Å². The summed E-state index contributed by atoms with van der Waals surface area (Å²) in [6.07, 6.45) is -0.00595. The number of rotatable bonds is 6. The van der Waals surface area contributed by atoms with Gasteiger partial charge < -0.3 is 19.7 Å². The van der Waals surface area contributed by atoms with E-state index in [4.69, 9.17) is 21.1 Å². The molecule has 7 nitrogen and oxygen atoms in total. The van der Waals surface area contributed by atoms with Crippen molar-refractivity contribution in [1.29, 1.82) is 0 Å². The second-order valence-electron chi connectivity index (χ2n) is 6.75. The summed E-state index contributed by atoms with van der Waals surface area (Å²) in [7, 11) is 1.49. The number of anilines is 2. The molecule has 1 fully saturated rings. The van der Waals surface area contributed by atoms with Gasteiger partial charge in [-0.3, -0.25) is 14.4 Å². The van der Waals surface area contributed by atoms with Crippen LogP contribution in [0.4, 0.5) is 11.4 Å². The average Bonchev–Trinajstić information content (AvgIpc) is 3.07. The van der Waals surface area contributed by atoms with Crippen molar-refractivity contribution >= 4 is 40.8 Å². The van der Waals surface area contributed by atoms with Gasteiger partial charge in [-0.1, -0.05) is 23.7 Å². The van der Waals surface area contributed by atoms with Gasteiger partial charge in [-0.25, -0.2) is 0 Å². The van der Waals surface area contributed by atoms with Gasteiger partial charge in [0.05, 0.1) is 18.7 Å². The van der Waals surface area contributed by atoms with E-state index in [9.17, 15) is 14.4 Å². The largest absolute Gasteiger partial charge is 0.495 e. The van der Waals surface area contributed by atoms with Crippen molar-refractivity contribution in [2.75, 3.05) is 30.5 Å². The van der Waals surface area contributed by atoms with Gasteiger partial charge in [0.15, 0.2) is 6.61 Å². The van der Waals surface area contributed by atoms with Crippen LogP contribution in [0.3, 0.4) is 0 Å². The lowest BCUT2D eigenvalue weighted by Gasteiger charge is -2.19. The normalized spacial score (nSPS) is 15.9. The minimum atomic E-state index is -0.669. The predicted octanol–water partition coefficient (Wildman–Crippen LogP) is 3.19. The number of hydrogen-bond acceptors (Lipinski definition) is 5. The molecule has 29 heavy (non-hydrogen) atoms. The van der Waals surface area contributed by atoms with Crippen LogP contribution in [0.2, 0.25) is 5.02 Å². The number of methoxy groups -OCH3 is 1. The smallest absolute Gasteiger partial charge is 0.311 e. The summed E-state index contributed by atoms with van der Waals surface area (Å²) in [5, 5.41) is 3.12. The molecule has 0 saturated carbocycles. The zero-order valence-electron chi connectivity index (χ0n) is 16.1. The van der Waals surface area contributed by atoms with Crippen LogP contribution in [0, 0.1) is 12.8 Å². The fourth-order valence-electron chi connectivity index (χ4n) is 3.15. The molecule has 2 amide bonds. The maximum Gasteiger partial charge on any atom is 0.311 e. The monoisotopic (exact) mass is 416 g/mol. The van der Waals surface area contributed by atoms with Gasteiger partial charge in [0.25, 0.3) is 5.91 Å². The van der Waals surface area contributed by atoms with Gasteiger partial charge in [0.1, 0.15) is 5.75 Å². The van der Waals surface area contributed by atoms with Crippen LogP contribution in [0.5, 0.6) is 5.75 Å². The highest BCUT2D eigenvalue weighted by Gasteiger charge is 2.37. The molecular formula is C21H21ClN2O5. The third kappa shape index (κ3) is 5.06. The number of nitrogens with zero attached hydrogens (tertiary/aromatic N) is 1. The molecule has 152 valence electrons. The van der Waals surface area contributed by atoms with Crippen LogP contribution >= 0.6 is 11.6 Å². The molecule has 1 atom stereocenters. The third-order valence-corrected chi connectivity index (χ3v) is 4.77. The number of hydrogen-bond donors (Lipinski definition) is 1. The average molecular weight is 417 g/mol. The predicted molar refractivity (Wildman–Crippen MR) is 109 cm³/mol. The zero-order valence-corrected chi connectivity index (χ0v) is 16.9. The van der Waals surface area contributed by atoms with Gasteiger partial charge in [-0.2, -0.15) is 0 Å². The summed E-state index contributed by atoms with van der Waals surface area (Å²) in [6.45, 7) is 1.62. The molecule has 0 unspecified atom stereocenters. The van der Waals surface area contributed by atoms with Crippen molar-refractivity contribution in [3.8, 4) is 5.75 Å². The molecule has 3 rings (SSSR count). The standard InChI is InChI=1S/C21H21ClN2O5/c1-13-4-3-5-16(8-13)23-19(25)12-29-21(27)14-9-20(26)24(11-14)17-10-15(22)6-7-18(17)28-2/h3-8,10,14H,9,11-12H2,1-2H3,(H,23,25)/t14-/m1/s1. The molecule has 8 heteroatoms. The van der Waals surface area contributed by atoms with Crippen molar-refractivity contribution < 1.29 is 23.9 Å². The SMILES string of the molecule is COc1ccc(Cl)cc1N1C[C@H](C(=O)OCC(=O)Nc2cccc(C)c2)CC1=O. The quantitative estimate of drug-likeness (QED) is 0.731. The minimum absolute atomic E-state index is 0.00595. The Morgan fingerprint density at radius 3 is 2.76 bits per heavy atom. The number of aryl methyl sites for hydroxylation is 1. The van der Waals surface area contributed by atoms with Crippen molar-refractivity contribution in [3.63, 3.8) is 0 Å². The van der Waals surface area contributed by atoms with Gasteiger partial charge >= 0.3 is 5.97 Å². The number of benzene rings is 2. The Balaban J connectivity index is 1.58. The Morgan fingerprint density at radius 1 is 1.24 bits per heavy atom. The second-order valence-corrected chi connectivity index (χ2v) is 7.18. The molecule has 0 aliphatic carbocycles. The summed E-state index contributed by atoms with van der Waals surface area (Å²) in [5.74, 6) is -1.47. The van der Waals surface area contributed by atoms with Crippen molar-refractivity contribution in [3.05, 3.63) is 53.1 Å². The molecule has 1 N–H and O–H groups in total. The van der Waals surface area contributed by atoms with E-state index in [-0.39, 0.29) is 18.9 Å². The first-order chi connectivity index (χ1) is 13.9. The third-order valence-electron chi connectivity index (χ3n) is 4.54. The van der Waals surface area contributed by atoms with Gasteiger partial charge in [-0.15, -0.1) is 0 Å². The van der Waals surface area contributed by atoms with Gasteiger partial charge in [-0.05, 0) is 42.8 Å². The number of ether oxygens (including phenoxy) is 2. The highest BCUT2D eigenvalue weighted by Crippen LogP contribution is 2.35. The molecule has 0 spiro atoms. The molecule has 2 aromatic carbocycles. The fraction of sp³-hybridized carbons (Fsp3) is 0.286. The Bertz CT molecular complexity index is 946. The first-order valence-electron chi connectivity index (χ1n) is 9.04. The maximum atomic E-state index is 12.4. The molecule has 2 aromatic rings. The summed E-state index contributed by atoms with van der Waals surface area (Å²) in [6, 6.07) is 12.2. The molecular weight excluding hydrogens is 396 g/mol. The number of carbonyl (C=O) groups is 3. The zero-order chi connectivity index (χ0) is 21.0. The Labute approximate surface area is 173 Å². The van der Waals surface area contributed by atoms with Crippen molar-refractivity contribution in [2.45, 2.75) is 13.3 Å². The Hall–Kier alpha value is -3.06. The van der Waals surface area contributed by atoms with E-state index in [1.807, 2.05) is 25.1 Å². The number of amides is 2. The Kier molecular flexibility index (Phi) is 6.39. The van der Waals surface area contributed by atoms with E-state index in [2.05, 4.69) is 5.32 Å². The van der Waals surface area contributed by atoms with E-state index in [0.717, 1.165) is 5.56 Å². The first-order valence-corrected chi connectivity index (χ1v) is 9.42. The minimum Gasteiger partial charge on any atom is -0.495 e. The second kappa shape index (κ2) is 8.96. The summed E-state index contributed by atoms with van der Waals surface area (Å²) < 4.78 is 10.4. The van der Waals surface area contributed by atoms with E-state index in [1.54, 1.807) is 24.3 Å². The molecule has 1 aliphatic rings. The van der Waals surface area contributed by atoms with E-state index >= 15 is 0 Å². The van der Waals surface area contributed by atoms with E-state index in [1.165, 1.54) is 12.0 Å². The lowest BCUT2D eigenvalue weighted by atomic mass is 10.1. The summed E-state index contributed by atoms with van der Waals surface area (Å²) >= 11 is 6.03. The van der Waals surface area contributed by atoms with Crippen LogP contribution in [-0.4, -0.2) is 38.0 Å². The van der Waals surface area contributed by atoms with E-state index in [0.29, 0.717) is 22.1 Å². The molecule has 0 radical (unpaired) electrons. The topological polar surface area (TPSA) is 84.9 Å². The van der Waals surface area contributed by atoms with Crippen molar-refractivity contribution in [1.82, 2.24) is 0 Å². The molecule has 1 aliphatic heterocycles. The van der Waals surface area contributed by atoms with Crippen LogP contribution < -0.4 is 15.0 Å². The fourth-order valence-corrected chi connectivity index (χ4v) is 3.31. The Morgan fingerprint density at radius 2 is 2.03 bits per heavy atom. The number of nitrogens with one attached hydrogen (secondary N) is 1.